The number of benzene rings is 1. The molecule has 21 heavy (non-hydrogen) atoms. The largest absolute Gasteiger partial charge is 0.322 e. The maximum Gasteiger partial charge on any atom is 0.128 e. The molecule has 0 spiro atoms. The Morgan fingerprint density at radius 2 is 2.10 bits per heavy atom. The Bertz CT molecular complexity index is 677. The van der Waals surface area contributed by atoms with Crippen molar-refractivity contribution in [2.75, 3.05) is 13.1 Å². The molecule has 112 valence electrons. The second-order valence-electron chi connectivity index (χ2n) is 6.26. The Hall–Kier alpha value is -0.580. The third kappa shape index (κ3) is 2.51. The van der Waals surface area contributed by atoms with E-state index in [1.807, 2.05) is 6.92 Å². The molecule has 2 heterocycles. The van der Waals surface area contributed by atoms with E-state index >= 15 is 0 Å². The molecule has 1 saturated carbocycles. The van der Waals surface area contributed by atoms with Crippen LogP contribution in [0.5, 0.6) is 0 Å². The van der Waals surface area contributed by atoms with Crippen molar-refractivity contribution >= 4 is 38.6 Å². The molecule has 0 N–H and O–H groups in total. The fourth-order valence-corrected chi connectivity index (χ4v) is 4.01. The first kappa shape index (κ1) is 14.0. The zero-order chi connectivity index (χ0) is 14.6. The zero-order valence-electron chi connectivity index (χ0n) is 12.1. The van der Waals surface area contributed by atoms with Crippen LogP contribution in [0.25, 0.3) is 11.0 Å². The molecule has 0 bridgehead atoms. The molecule has 0 amide bonds. The zero-order valence-corrected chi connectivity index (χ0v) is 14.4. The minimum Gasteiger partial charge on any atom is -0.322 e. The van der Waals surface area contributed by atoms with E-state index < -0.39 is 0 Å². The van der Waals surface area contributed by atoms with E-state index in [1.165, 1.54) is 31.3 Å². The van der Waals surface area contributed by atoms with Gasteiger partial charge in [-0.05, 0) is 44.4 Å². The van der Waals surface area contributed by atoms with E-state index in [-0.39, 0.29) is 5.38 Å². The standard InChI is InChI=1S/C16H19BrClN3/c1-10(18)16-19-14-8-11(17)2-5-15(14)21(16)13-6-7-20(9-13)12-3-4-12/h2,5,8,10,12-13H,3-4,6-7,9H2,1H3. The van der Waals surface area contributed by atoms with Crippen molar-refractivity contribution in [1.82, 2.24) is 14.5 Å². The molecule has 2 aromatic rings. The fourth-order valence-electron chi connectivity index (χ4n) is 3.51. The van der Waals surface area contributed by atoms with Gasteiger partial charge < -0.3 is 4.57 Å². The van der Waals surface area contributed by atoms with Crippen molar-refractivity contribution in [3.8, 4) is 0 Å². The van der Waals surface area contributed by atoms with Crippen LogP contribution in [0.1, 0.15) is 43.4 Å². The molecule has 2 unspecified atom stereocenters. The molecule has 1 aromatic carbocycles. The Kier molecular flexibility index (Phi) is 3.51. The van der Waals surface area contributed by atoms with E-state index in [4.69, 9.17) is 16.6 Å². The van der Waals surface area contributed by atoms with Gasteiger partial charge in [-0.15, -0.1) is 11.6 Å². The lowest BCUT2D eigenvalue weighted by molar-refractivity contribution is 0.313. The van der Waals surface area contributed by atoms with E-state index in [1.54, 1.807) is 0 Å². The average molecular weight is 369 g/mol. The van der Waals surface area contributed by atoms with Crippen LogP contribution in [-0.2, 0) is 0 Å². The lowest BCUT2D eigenvalue weighted by atomic mass is 10.2. The molecular formula is C16H19BrClN3. The molecule has 5 heteroatoms. The highest BCUT2D eigenvalue weighted by atomic mass is 79.9. The van der Waals surface area contributed by atoms with Gasteiger partial charge in [-0.1, -0.05) is 15.9 Å². The Morgan fingerprint density at radius 3 is 2.81 bits per heavy atom. The number of rotatable bonds is 3. The third-order valence-electron chi connectivity index (χ3n) is 4.66. The highest BCUT2D eigenvalue weighted by Crippen LogP contribution is 2.37. The molecule has 1 saturated heterocycles. The van der Waals surface area contributed by atoms with Crippen LogP contribution < -0.4 is 0 Å². The van der Waals surface area contributed by atoms with Gasteiger partial charge in [-0.25, -0.2) is 4.98 Å². The molecule has 1 aliphatic carbocycles. The van der Waals surface area contributed by atoms with Crippen LogP contribution in [0.4, 0.5) is 0 Å². The topological polar surface area (TPSA) is 21.1 Å². The number of likely N-dealkylation sites (tertiary alicyclic amines) is 1. The van der Waals surface area contributed by atoms with Crippen molar-refractivity contribution in [2.45, 2.75) is 43.6 Å². The van der Waals surface area contributed by atoms with Crippen LogP contribution in [0.2, 0.25) is 0 Å². The molecule has 1 aliphatic heterocycles. The molecule has 2 atom stereocenters. The van der Waals surface area contributed by atoms with Gasteiger partial charge >= 0.3 is 0 Å². The summed E-state index contributed by atoms with van der Waals surface area (Å²) in [5.41, 5.74) is 2.25. The first-order valence-corrected chi connectivity index (χ1v) is 8.92. The Morgan fingerprint density at radius 1 is 1.29 bits per heavy atom. The van der Waals surface area contributed by atoms with Gasteiger partial charge in [0.25, 0.3) is 0 Å². The average Bonchev–Trinajstić information content (AvgIpc) is 3.06. The van der Waals surface area contributed by atoms with Crippen LogP contribution in [-0.4, -0.2) is 33.6 Å². The number of imidazole rings is 1. The summed E-state index contributed by atoms with van der Waals surface area (Å²) in [6.45, 7) is 4.37. The predicted molar refractivity (Wildman–Crippen MR) is 90.0 cm³/mol. The summed E-state index contributed by atoms with van der Waals surface area (Å²) in [5.74, 6) is 1.01. The Labute approximate surface area is 138 Å². The van der Waals surface area contributed by atoms with Crippen molar-refractivity contribution < 1.29 is 0 Å². The molecule has 2 fully saturated rings. The summed E-state index contributed by atoms with van der Waals surface area (Å²) in [6, 6.07) is 7.69. The number of nitrogens with zero attached hydrogens (tertiary/aromatic N) is 3. The van der Waals surface area contributed by atoms with E-state index in [2.05, 4.69) is 43.6 Å². The summed E-state index contributed by atoms with van der Waals surface area (Å²) in [7, 11) is 0. The summed E-state index contributed by atoms with van der Waals surface area (Å²) in [5, 5.41) is -0.0637. The van der Waals surface area contributed by atoms with Gasteiger partial charge in [0.05, 0.1) is 16.4 Å². The van der Waals surface area contributed by atoms with Gasteiger partial charge in [-0.2, -0.15) is 0 Å². The maximum atomic E-state index is 6.40. The number of hydrogen-bond donors (Lipinski definition) is 0. The highest BCUT2D eigenvalue weighted by molar-refractivity contribution is 9.10. The maximum absolute atomic E-state index is 6.40. The van der Waals surface area contributed by atoms with Crippen LogP contribution in [0.3, 0.4) is 0 Å². The number of hydrogen-bond acceptors (Lipinski definition) is 2. The summed E-state index contributed by atoms with van der Waals surface area (Å²) in [4.78, 5) is 7.42. The summed E-state index contributed by atoms with van der Waals surface area (Å²) in [6.07, 6.45) is 3.96. The molecule has 3 nitrogen and oxygen atoms in total. The van der Waals surface area contributed by atoms with Gasteiger partial charge in [0.15, 0.2) is 0 Å². The van der Waals surface area contributed by atoms with E-state index in [0.717, 1.165) is 28.4 Å². The molecular weight excluding hydrogens is 350 g/mol. The highest BCUT2D eigenvalue weighted by Gasteiger charge is 2.36. The monoisotopic (exact) mass is 367 g/mol. The quantitative estimate of drug-likeness (QED) is 0.743. The lowest BCUT2D eigenvalue weighted by Crippen LogP contribution is -2.24. The number of aromatic nitrogens is 2. The van der Waals surface area contributed by atoms with E-state index in [0.29, 0.717) is 6.04 Å². The fraction of sp³-hybridized carbons (Fsp3) is 0.562. The van der Waals surface area contributed by atoms with Gasteiger partial charge in [0, 0.05) is 29.6 Å². The molecule has 4 rings (SSSR count). The van der Waals surface area contributed by atoms with Gasteiger partial charge in [-0.3, -0.25) is 4.90 Å². The second kappa shape index (κ2) is 5.25. The van der Waals surface area contributed by atoms with Crippen molar-refractivity contribution in [1.29, 1.82) is 0 Å². The van der Waals surface area contributed by atoms with Crippen molar-refractivity contribution in [2.24, 2.45) is 0 Å². The smallest absolute Gasteiger partial charge is 0.128 e. The van der Waals surface area contributed by atoms with Gasteiger partial charge in [0.1, 0.15) is 5.82 Å². The number of halogens is 2. The van der Waals surface area contributed by atoms with Crippen LogP contribution in [0, 0.1) is 0 Å². The normalized spacial score (nSPS) is 24.8. The second-order valence-corrected chi connectivity index (χ2v) is 7.83. The first-order valence-electron chi connectivity index (χ1n) is 7.69. The lowest BCUT2D eigenvalue weighted by Gasteiger charge is -2.19. The van der Waals surface area contributed by atoms with Crippen molar-refractivity contribution in [3.63, 3.8) is 0 Å². The molecule has 1 aromatic heterocycles. The molecule has 2 aliphatic rings. The first-order chi connectivity index (χ1) is 10.1. The number of fused-ring (bicyclic) bond motifs is 1. The number of alkyl halides is 1. The van der Waals surface area contributed by atoms with E-state index in [9.17, 15) is 0 Å². The minimum absolute atomic E-state index is 0.0637. The van der Waals surface area contributed by atoms with Crippen molar-refractivity contribution in [3.05, 3.63) is 28.5 Å². The SMILES string of the molecule is CC(Cl)c1nc2cc(Br)ccc2n1C1CCN(C2CC2)C1. The van der Waals surface area contributed by atoms with Crippen LogP contribution >= 0.6 is 27.5 Å². The van der Waals surface area contributed by atoms with Gasteiger partial charge in [0.2, 0.25) is 0 Å². The minimum atomic E-state index is -0.0637. The summed E-state index contributed by atoms with van der Waals surface area (Å²) >= 11 is 9.93. The van der Waals surface area contributed by atoms with Crippen LogP contribution in [0.15, 0.2) is 22.7 Å². The third-order valence-corrected chi connectivity index (χ3v) is 5.35. The predicted octanol–water partition coefficient (Wildman–Crippen LogP) is 4.51. The Balaban J connectivity index is 1.76. The summed E-state index contributed by atoms with van der Waals surface area (Å²) < 4.78 is 3.46. The molecule has 0 radical (unpaired) electrons.